The van der Waals surface area contributed by atoms with Crippen molar-refractivity contribution in [2.24, 2.45) is 0 Å². The topological polar surface area (TPSA) is 78.9 Å². The average Bonchev–Trinajstić information content (AvgIpc) is 2.43. The van der Waals surface area contributed by atoms with Gasteiger partial charge in [0, 0.05) is 7.11 Å². The molecule has 0 fully saturated rings. The van der Waals surface area contributed by atoms with Crippen molar-refractivity contribution in [3.05, 3.63) is 35.9 Å². The van der Waals surface area contributed by atoms with Crippen LogP contribution in [0.5, 0.6) is 0 Å². The third-order valence-corrected chi connectivity index (χ3v) is 2.32. The van der Waals surface area contributed by atoms with Gasteiger partial charge in [-0.1, -0.05) is 30.3 Å². The van der Waals surface area contributed by atoms with Gasteiger partial charge in [-0.3, -0.25) is 4.79 Å². The van der Waals surface area contributed by atoms with Crippen LogP contribution >= 0.6 is 0 Å². The number of carbonyl (C=O) groups excluding carboxylic acids is 3. The van der Waals surface area contributed by atoms with E-state index in [1.165, 1.54) is 7.11 Å². The van der Waals surface area contributed by atoms with E-state index in [0.717, 1.165) is 12.5 Å². The van der Waals surface area contributed by atoms with Gasteiger partial charge >= 0.3 is 11.9 Å². The maximum Gasteiger partial charge on any atom is 0.355 e. The first-order valence-corrected chi connectivity index (χ1v) is 5.94. The Balaban J connectivity index is 2.56. The van der Waals surface area contributed by atoms with Crippen LogP contribution in [0.1, 0.15) is 12.5 Å². The van der Waals surface area contributed by atoms with E-state index in [2.05, 4.69) is 4.74 Å². The summed E-state index contributed by atoms with van der Waals surface area (Å²) in [6, 6.07) is 8.96. The molecule has 0 aliphatic carbocycles. The molecular formula is C14H16O6. The van der Waals surface area contributed by atoms with E-state index in [0.29, 0.717) is 0 Å². The van der Waals surface area contributed by atoms with Crippen molar-refractivity contribution in [3.8, 4) is 0 Å². The molecule has 0 aromatic heterocycles. The second-order valence-electron chi connectivity index (χ2n) is 4.01. The van der Waals surface area contributed by atoms with Gasteiger partial charge in [-0.2, -0.15) is 0 Å². The Morgan fingerprint density at radius 1 is 1.15 bits per heavy atom. The molecule has 20 heavy (non-hydrogen) atoms. The van der Waals surface area contributed by atoms with Crippen molar-refractivity contribution in [1.29, 1.82) is 0 Å². The van der Waals surface area contributed by atoms with E-state index in [4.69, 9.17) is 9.47 Å². The van der Waals surface area contributed by atoms with Gasteiger partial charge in [0.15, 0.2) is 5.78 Å². The lowest BCUT2D eigenvalue weighted by atomic mass is 10.2. The van der Waals surface area contributed by atoms with Crippen LogP contribution in [0, 0.1) is 0 Å². The Labute approximate surface area is 116 Å². The van der Waals surface area contributed by atoms with Crippen molar-refractivity contribution < 1.29 is 28.6 Å². The van der Waals surface area contributed by atoms with E-state index in [1.54, 1.807) is 24.3 Å². The lowest BCUT2D eigenvalue weighted by molar-refractivity contribution is -0.173. The summed E-state index contributed by atoms with van der Waals surface area (Å²) in [6.45, 7) is 0.815. The van der Waals surface area contributed by atoms with Crippen LogP contribution in [0.4, 0.5) is 0 Å². The highest BCUT2D eigenvalue weighted by Crippen LogP contribution is 2.05. The Hall–Kier alpha value is -2.21. The summed E-state index contributed by atoms with van der Waals surface area (Å²) in [6.07, 6.45) is -1.55. The quantitative estimate of drug-likeness (QED) is 0.545. The fourth-order valence-electron chi connectivity index (χ4n) is 1.38. The number of ether oxygens (including phenoxy) is 3. The highest BCUT2D eigenvalue weighted by molar-refractivity contribution is 6.02. The van der Waals surface area contributed by atoms with Crippen LogP contribution in [0.15, 0.2) is 30.3 Å². The molecule has 0 heterocycles. The van der Waals surface area contributed by atoms with Crippen LogP contribution in [-0.4, -0.2) is 37.5 Å². The molecular weight excluding hydrogens is 264 g/mol. The molecule has 0 saturated heterocycles. The van der Waals surface area contributed by atoms with Gasteiger partial charge in [0.2, 0.25) is 0 Å². The van der Waals surface area contributed by atoms with Gasteiger partial charge in [-0.15, -0.1) is 0 Å². The predicted molar refractivity (Wildman–Crippen MR) is 68.7 cm³/mol. The van der Waals surface area contributed by atoms with Gasteiger partial charge in [0.25, 0.3) is 6.10 Å². The Morgan fingerprint density at radius 3 is 2.35 bits per heavy atom. The Kier molecular flexibility index (Phi) is 6.39. The zero-order chi connectivity index (χ0) is 15.0. The van der Waals surface area contributed by atoms with Crippen molar-refractivity contribution in [2.75, 3.05) is 13.7 Å². The molecule has 1 atom stereocenters. The second kappa shape index (κ2) is 8.06. The summed E-state index contributed by atoms with van der Waals surface area (Å²) in [5.41, 5.74) is 0.770. The number of hydrogen-bond donors (Lipinski definition) is 0. The first-order valence-electron chi connectivity index (χ1n) is 5.94. The maximum atomic E-state index is 11.7. The highest BCUT2D eigenvalue weighted by Gasteiger charge is 2.29. The lowest BCUT2D eigenvalue weighted by Gasteiger charge is -2.14. The van der Waals surface area contributed by atoms with Gasteiger partial charge in [0.1, 0.15) is 13.2 Å². The van der Waals surface area contributed by atoms with Crippen molar-refractivity contribution in [3.63, 3.8) is 0 Å². The molecule has 1 aromatic rings. The van der Waals surface area contributed by atoms with Crippen LogP contribution in [-0.2, 0) is 35.2 Å². The molecule has 1 unspecified atom stereocenters. The molecule has 0 bridgehead atoms. The van der Waals surface area contributed by atoms with Crippen LogP contribution in [0.2, 0.25) is 0 Å². The van der Waals surface area contributed by atoms with Crippen LogP contribution < -0.4 is 0 Å². The normalized spacial score (nSPS) is 11.5. The SMILES string of the molecule is COCC(=O)OC(C(C)=O)C(=O)OCc1ccccc1. The van der Waals surface area contributed by atoms with Crippen molar-refractivity contribution in [2.45, 2.75) is 19.6 Å². The largest absolute Gasteiger partial charge is 0.458 e. The molecule has 0 N–H and O–H groups in total. The summed E-state index contributed by atoms with van der Waals surface area (Å²) in [7, 11) is 1.30. The fourth-order valence-corrected chi connectivity index (χ4v) is 1.38. The fraction of sp³-hybridized carbons (Fsp3) is 0.357. The first-order chi connectivity index (χ1) is 9.54. The standard InChI is InChI=1S/C14H16O6/c1-10(15)13(20-12(16)9-18-2)14(17)19-8-11-6-4-3-5-7-11/h3-7,13H,8-9H2,1-2H3. The Morgan fingerprint density at radius 2 is 1.80 bits per heavy atom. The third-order valence-electron chi connectivity index (χ3n) is 2.32. The number of hydrogen-bond acceptors (Lipinski definition) is 6. The monoisotopic (exact) mass is 280 g/mol. The number of esters is 2. The van der Waals surface area contributed by atoms with Gasteiger partial charge in [-0.05, 0) is 12.5 Å². The van der Waals surface area contributed by atoms with Crippen molar-refractivity contribution >= 4 is 17.7 Å². The van der Waals surface area contributed by atoms with Gasteiger partial charge in [-0.25, -0.2) is 9.59 Å². The maximum absolute atomic E-state index is 11.7. The number of benzene rings is 1. The first kappa shape index (κ1) is 15.8. The molecule has 6 nitrogen and oxygen atoms in total. The van der Waals surface area contributed by atoms with E-state index < -0.39 is 23.8 Å². The summed E-state index contributed by atoms with van der Waals surface area (Å²) in [4.78, 5) is 34.3. The van der Waals surface area contributed by atoms with Crippen molar-refractivity contribution in [1.82, 2.24) is 0 Å². The van der Waals surface area contributed by atoms with Crippen LogP contribution in [0.3, 0.4) is 0 Å². The predicted octanol–water partition coefficient (Wildman–Crippen LogP) is 0.877. The van der Waals surface area contributed by atoms with E-state index in [1.807, 2.05) is 6.07 Å². The van der Waals surface area contributed by atoms with Gasteiger partial charge in [0.05, 0.1) is 0 Å². The summed E-state index contributed by atoms with van der Waals surface area (Å²) >= 11 is 0. The summed E-state index contributed by atoms with van der Waals surface area (Å²) in [5.74, 6) is -2.30. The molecule has 0 radical (unpaired) electrons. The van der Waals surface area contributed by atoms with E-state index in [-0.39, 0.29) is 13.2 Å². The number of carbonyl (C=O) groups is 3. The smallest absolute Gasteiger partial charge is 0.355 e. The molecule has 1 aromatic carbocycles. The van der Waals surface area contributed by atoms with Gasteiger partial charge < -0.3 is 14.2 Å². The minimum atomic E-state index is -1.55. The minimum absolute atomic E-state index is 0.00524. The van der Waals surface area contributed by atoms with Crippen LogP contribution in [0.25, 0.3) is 0 Å². The average molecular weight is 280 g/mol. The third kappa shape index (κ3) is 5.19. The van der Waals surface area contributed by atoms with E-state index >= 15 is 0 Å². The Bertz CT molecular complexity index is 468. The summed E-state index contributed by atoms with van der Waals surface area (Å²) < 4.78 is 14.2. The molecule has 0 aliphatic rings. The molecule has 108 valence electrons. The molecule has 0 spiro atoms. The number of rotatable bonds is 7. The second-order valence-corrected chi connectivity index (χ2v) is 4.01. The number of Topliss-reactive ketones (excluding diaryl/α,β-unsaturated/α-hetero) is 1. The molecule has 0 aliphatic heterocycles. The lowest BCUT2D eigenvalue weighted by Crippen LogP contribution is -2.36. The zero-order valence-corrected chi connectivity index (χ0v) is 11.3. The molecule has 0 amide bonds. The molecule has 0 saturated carbocycles. The van der Waals surface area contributed by atoms with E-state index in [9.17, 15) is 14.4 Å². The number of ketones is 1. The minimum Gasteiger partial charge on any atom is -0.458 e. The summed E-state index contributed by atoms with van der Waals surface area (Å²) in [5, 5.41) is 0. The zero-order valence-electron chi connectivity index (χ0n) is 11.3. The molecule has 6 heteroatoms. The number of methoxy groups -OCH3 is 1. The highest BCUT2D eigenvalue weighted by atomic mass is 16.6. The molecule has 1 rings (SSSR count).